The molecule has 0 atom stereocenters. The first-order chi connectivity index (χ1) is 12.1. The van der Waals surface area contributed by atoms with E-state index in [0.29, 0.717) is 5.69 Å². The summed E-state index contributed by atoms with van der Waals surface area (Å²) >= 11 is 1.52. The van der Waals surface area contributed by atoms with Crippen LogP contribution in [0, 0.1) is 11.6 Å². The molecule has 2 heterocycles. The molecule has 0 bridgehead atoms. The molecule has 0 radical (unpaired) electrons. The van der Waals surface area contributed by atoms with Crippen LogP contribution in [0.2, 0.25) is 0 Å². The van der Waals surface area contributed by atoms with Crippen molar-refractivity contribution in [2.45, 2.75) is 0 Å². The van der Waals surface area contributed by atoms with Gasteiger partial charge in [0.25, 0.3) is 5.91 Å². The lowest BCUT2D eigenvalue weighted by atomic mass is 10.1. The fourth-order valence-corrected chi connectivity index (χ4v) is 3.23. The van der Waals surface area contributed by atoms with Crippen molar-refractivity contribution >= 4 is 27.9 Å². The maximum absolute atomic E-state index is 13.7. The summed E-state index contributed by atoms with van der Waals surface area (Å²) in [5.74, 6) is -2.63. The average molecular weight is 355 g/mol. The zero-order chi connectivity index (χ0) is 17.4. The monoisotopic (exact) mass is 355 g/mol. The number of benzene rings is 2. The molecular formula is C18H11F2N3OS. The number of rotatable bonds is 3. The number of fused-ring (bicyclic) bond motifs is 1. The Labute approximate surface area is 145 Å². The number of thiazole rings is 1. The Morgan fingerprint density at radius 2 is 1.88 bits per heavy atom. The van der Waals surface area contributed by atoms with Gasteiger partial charge in [0.2, 0.25) is 0 Å². The van der Waals surface area contributed by atoms with Gasteiger partial charge in [-0.15, -0.1) is 11.3 Å². The second kappa shape index (κ2) is 6.10. The molecule has 2 aromatic carbocycles. The summed E-state index contributed by atoms with van der Waals surface area (Å²) in [6.07, 6.45) is 3.78. The Bertz CT molecular complexity index is 1040. The molecule has 1 N–H and O–H groups in total. The first kappa shape index (κ1) is 15.5. The molecule has 7 heteroatoms. The van der Waals surface area contributed by atoms with E-state index in [2.05, 4.69) is 10.3 Å². The molecule has 0 fully saturated rings. The highest BCUT2D eigenvalue weighted by atomic mass is 32.1. The molecule has 0 saturated carbocycles. The standard InChI is InChI=1S/C18H11F2N3OS/c19-13-5-2-6-14(20)16(13)17(24)21-12-4-1-3-11(9-12)15-10-23-7-8-25-18(23)22-15/h1-10H,(H,21,24). The lowest BCUT2D eigenvalue weighted by Crippen LogP contribution is -2.15. The fraction of sp³-hybridized carbons (Fsp3) is 0. The van der Waals surface area contributed by atoms with Crippen molar-refractivity contribution in [2.75, 3.05) is 5.32 Å². The van der Waals surface area contributed by atoms with E-state index in [1.54, 1.807) is 18.2 Å². The molecule has 0 aliphatic heterocycles. The van der Waals surface area contributed by atoms with Gasteiger partial charge in [0, 0.05) is 29.0 Å². The summed E-state index contributed by atoms with van der Waals surface area (Å²) in [5, 5.41) is 4.46. The number of aromatic nitrogens is 2. The van der Waals surface area contributed by atoms with Gasteiger partial charge >= 0.3 is 0 Å². The molecule has 124 valence electrons. The fourth-order valence-electron chi connectivity index (χ4n) is 2.53. The Morgan fingerprint density at radius 1 is 1.12 bits per heavy atom. The van der Waals surface area contributed by atoms with Crippen molar-refractivity contribution in [3.8, 4) is 11.3 Å². The molecule has 0 aliphatic carbocycles. The van der Waals surface area contributed by atoms with Crippen molar-refractivity contribution in [3.05, 3.63) is 77.4 Å². The van der Waals surface area contributed by atoms with Gasteiger partial charge in [-0.05, 0) is 24.3 Å². The highest BCUT2D eigenvalue weighted by Crippen LogP contribution is 2.24. The quantitative estimate of drug-likeness (QED) is 0.584. The first-order valence-electron chi connectivity index (χ1n) is 7.40. The number of nitrogens with zero attached hydrogens (tertiary/aromatic N) is 2. The molecule has 2 aromatic heterocycles. The third-order valence-electron chi connectivity index (χ3n) is 3.70. The molecule has 0 aliphatic rings. The van der Waals surface area contributed by atoms with E-state index in [1.807, 2.05) is 28.2 Å². The zero-order valence-electron chi connectivity index (χ0n) is 12.7. The highest BCUT2D eigenvalue weighted by Gasteiger charge is 2.17. The van der Waals surface area contributed by atoms with Crippen LogP contribution in [-0.2, 0) is 0 Å². The summed E-state index contributed by atoms with van der Waals surface area (Å²) in [4.78, 5) is 17.6. The van der Waals surface area contributed by atoms with Crippen LogP contribution in [-0.4, -0.2) is 15.3 Å². The van der Waals surface area contributed by atoms with Gasteiger partial charge in [-0.1, -0.05) is 18.2 Å². The van der Waals surface area contributed by atoms with Crippen molar-refractivity contribution in [1.82, 2.24) is 9.38 Å². The van der Waals surface area contributed by atoms with Gasteiger partial charge in [-0.25, -0.2) is 13.8 Å². The molecule has 1 amide bonds. The lowest BCUT2D eigenvalue weighted by Gasteiger charge is -2.08. The molecule has 0 saturated heterocycles. The number of halogens is 2. The van der Waals surface area contributed by atoms with Gasteiger partial charge in [0.15, 0.2) is 4.96 Å². The SMILES string of the molecule is O=C(Nc1cccc(-c2cn3ccsc3n2)c1)c1c(F)cccc1F. The number of amides is 1. The van der Waals surface area contributed by atoms with Crippen molar-refractivity contribution in [3.63, 3.8) is 0 Å². The van der Waals surface area contributed by atoms with Gasteiger partial charge < -0.3 is 5.32 Å². The minimum atomic E-state index is -0.900. The van der Waals surface area contributed by atoms with Crippen LogP contribution < -0.4 is 5.32 Å². The maximum atomic E-state index is 13.7. The summed E-state index contributed by atoms with van der Waals surface area (Å²) in [7, 11) is 0. The maximum Gasteiger partial charge on any atom is 0.261 e. The molecule has 4 aromatic rings. The number of imidazole rings is 1. The summed E-state index contributed by atoms with van der Waals surface area (Å²) in [6, 6.07) is 10.3. The Kier molecular flexibility index (Phi) is 3.77. The third-order valence-corrected chi connectivity index (χ3v) is 4.47. The Hall–Kier alpha value is -3.06. The number of hydrogen-bond donors (Lipinski definition) is 1. The number of hydrogen-bond acceptors (Lipinski definition) is 3. The van der Waals surface area contributed by atoms with Crippen LogP contribution in [0.5, 0.6) is 0 Å². The largest absolute Gasteiger partial charge is 0.322 e. The van der Waals surface area contributed by atoms with Crippen molar-refractivity contribution in [1.29, 1.82) is 0 Å². The predicted octanol–water partition coefficient (Wildman–Crippen LogP) is 4.59. The minimum absolute atomic E-state index is 0.432. The van der Waals surface area contributed by atoms with Gasteiger partial charge in [-0.2, -0.15) is 0 Å². The number of anilines is 1. The normalized spacial score (nSPS) is 11.0. The number of nitrogens with one attached hydrogen (secondary N) is 1. The molecule has 4 rings (SSSR count). The van der Waals surface area contributed by atoms with Crippen LogP contribution in [0.1, 0.15) is 10.4 Å². The van der Waals surface area contributed by atoms with Crippen LogP contribution in [0.25, 0.3) is 16.2 Å². The molecule has 0 spiro atoms. The molecule has 25 heavy (non-hydrogen) atoms. The zero-order valence-corrected chi connectivity index (χ0v) is 13.6. The second-order valence-corrected chi connectivity index (χ2v) is 6.22. The van der Waals surface area contributed by atoms with E-state index < -0.39 is 23.1 Å². The van der Waals surface area contributed by atoms with Crippen molar-refractivity contribution in [2.24, 2.45) is 0 Å². The summed E-state index contributed by atoms with van der Waals surface area (Å²) < 4.78 is 29.3. The summed E-state index contributed by atoms with van der Waals surface area (Å²) in [6.45, 7) is 0. The first-order valence-corrected chi connectivity index (χ1v) is 8.28. The smallest absolute Gasteiger partial charge is 0.261 e. The van der Waals surface area contributed by atoms with Crippen LogP contribution in [0.3, 0.4) is 0 Å². The number of carbonyl (C=O) groups excluding carboxylic acids is 1. The van der Waals surface area contributed by atoms with Gasteiger partial charge in [0.1, 0.15) is 17.2 Å². The molecule has 4 nitrogen and oxygen atoms in total. The average Bonchev–Trinajstić information content (AvgIpc) is 3.16. The van der Waals surface area contributed by atoms with Crippen LogP contribution in [0.4, 0.5) is 14.5 Å². The third kappa shape index (κ3) is 2.89. The Balaban J connectivity index is 1.63. The van der Waals surface area contributed by atoms with E-state index in [0.717, 1.165) is 28.4 Å². The lowest BCUT2D eigenvalue weighted by molar-refractivity contribution is 0.101. The van der Waals surface area contributed by atoms with Crippen molar-refractivity contribution < 1.29 is 13.6 Å². The van der Waals surface area contributed by atoms with Gasteiger partial charge in [0.05, 0.1) is 5.69 Å². The second-order valence-electron chi connectivity index (χ2n) is 5.35. The van der Waals surface area contributed by atoms with E-state index in [9.17, 15) is 13.6 Å². The topological polar surface area (TPSA) is 46.4 Å². The van der Waals surface area contributed by atoms with Crippen LogP contribution >= 0.6 is 11.3 Å². The predicted molar refractivity (Wildman–Crippen MR) is 92.8 cm³/mol. The minimum Gasteiger partial charge on any atom is -0.322 e. The van der Waals surface area contributed by atoms with E-state index in [1.165, 1.54) is 17.4 Å². The summed E-state index contributed by atoms with van der Waals surface area (Å²) in [5.41, 5.74) is 1.37. The van der Waals surface area contributed by atoms with Crippen LogP contribution in [0.15, 0.2) is 60.2 Å². The Morgan fingerprint density at radius 3 is 2.64 bits per heavy atom. The molecule has 0 unspecified atom stereocenters. The molecular weight excluding hydrogens is 344 g/mol. The van der Waals surface area contributed by atoms with E-state index in [4.69, 9.17) is 0 Å². The van der Waals surface area contributed by atoms with E-state index in [-0.39, 0.29) is 0 Å². The number of carbonyl (C=O) groups is 1. The highest BCUT2D eigenvalue weighted by molar-refractivity contribution is 7.15. The van der Waals surface area contributed by atoms with Gasteiger partial charge in [-0.3, -0.25) is 9.20 Å². The van der Waals surface area contributed by atoms with E-state index >= 15 is 0 Å².